The quantitative estimate of drug-likeness (QED) is 0.399. The first-order valence-corrected chi connectivity index (χ1v) is 11.3. The molecule has 0 heterocycles. The number of ketones is 1. The summed E-state index contributed by atoms with van der Waals surface area (Å²) in [5.74, 6) is 0.886. The van der Waals surface area contributed by atoms with Gasteiger partial charge in [-0.05, 0) is 25.8 Å². The molecule has 0 aromatic rings. The van der Waals surface area contributed by atoms with Crippen LogP contribution in [-0.2, 0) is 4.79 Å². The summed E-state index contributed by atoms with van der Waals surface area (Å²) in [7, 11) is 0. The van der Waals surface area contributed by atoms with Crippen molar-refractivity contribution in [1.29, 1.82) is 0 Å². The minimum atomic E-state index is -0.519. The number of nitrogens with two attached hydrogens (primary N) is 1. The Morgan fingerprint density at radius 2 is 1.30 bits per heavy atom. The Morgan fingerprint density at radius 1 is 1.00 bits per heavy atom. The fourth-order valence-electron chi connectivity index (χ4n) is 1.38. The number of hydrogen-bond donors (Lipinski definition) is 1. The van der Waals surface area contributed by atoms with E-state index in [1.165, 1.54) is 45.4 Å². The van der Waals surface area contributed by atoms with Gasteiger partial charge in [0.2, 0.25) is 0 Å². The molecule has 170 valence electrons. The van der Waals surface area contributed by atoms with E-state index in [9.17, 15) is 9.18 Å². The highest BCUT2D eigenvalue weighted by Gasteiger charge is 1.98. The third-order valence-corrected chi connectivity index (χ3v) is 2.84. The van der Waals surface area contributed by atoms with Crippen molar-refractivity contribution in [2.45, 2.75) is 121 Å². The highest BCUT2D eigenvalue weighted by Crippen LogP contribution is 2.14. The summed E-state index contributed by atoms with van der Waals surface area (Å²) in [5.41, 5.74) is 4.85. The summed E-state index contributed by atoms with van der Waals surface area (Å²) in [6.07, 6.45) is 11.5. The van der Waals surface area contributed by atoms with Crippen LogP contribution in [0.1, 0.15) is 121 Å². The van der Waals surface area contributed by atoms with Crippen LogP contribution in [0.15, 0.2) is 12.7 Å². The van der Waals surface area contributed by atoms with E-state index in [1.807, 2.05) is 40.7 Å². The number of Topliss-reactive ketones (excluding diaryl/α,β-unsaturated/α-hetero) is 1. The van der Waals surface area contributed by atoms with Gasteiger partial charge in [-0.1, -0.05) is 107 Å². The third kappa shape index (κ3) is 108. The molecule has 0 saturated heterocycles. The topological polar surface area (TPSA) is 43.1 Å². The molecule has 0 fully saturated rings. The molecule has 0 unspecified atom stereocenters. The van der Waals surface area contributed by atoms with Crippen LogP contribution in [0.25, 0.3) is 0 Å². The van der Waals surface area contributed by atoms with Crippen molar-refractivity contribution in [3.05, 3.63) is 12.7 Å². The molecule has 0 aromatic carbocycles. The first-order valence-electron chi connectivity index (χ1n) is 11.3. The van der Waals surface area contributed by atoms with Crippen molar-refractivity contribution in [1.82, 2.24) is 0 Å². The molecule has 0 saturated carbocycles. The maximum Gasteiger partial charge on any atom is 0.132 e. The first kappa shape index (κ1) is 40.9. The SMILES string of the molecule is C=CCC.CC.CC.CC(=O)CCF.CCCCC(C)CCCC.CCN. The molecule has 2 nitrogen and oxygen atoms in total. The second-order valence-electron chi connectivity index (χ2n) is 5.64. The van der Waals surface area contributed by atoms with E-state index in [0.717, 1.165) is 18.9 Å². The summed E-state index contributed by atoms with van der Waals surface area (Å²) in [4.78, 5) is 9.80. The lowest BCUT2D eigenvalue weighted by molar-refractivity contribution is -0.117. The fourth-order valence-corrected chi connectivity index (χ4v) is 1.38. The summed E-state index contributed by atoms with van der Waals surface area (Å²) in [6.45, 7) is 24.0. The smallest absolute Gasteiger partial charge is 0.132 e. The molecule has 2 N–H and O–H groups in total. The Bertz CT molecular complexity index is 201. The second kappa shape index (κ2) is 56.2. The van der Waals surface area contributed by atoms with Crippen molar-refractivity contribution in [3.63, 3.8) is 0 Å². The minimum absolute atomic E-state index is 0.0694. The largest absolute Gasteiger partial charge is 0.331 e. The zero-order chi connectivity index (χ0) is 22.9. The molecule has 0 rings (SSSR count). The Labute approximate surface area is 173 Å². The van der Waals surface area contributed by atoms with Crippen molar-refractivity contribution in [2.24, 2.45) is 11.7 Å². The monoisotopic (exact) mass is 393 g/mol. The standard InChI is InChI=1S/C10H22.C4H7FO.C4H8.C2H7N.2C2H6/c1-4-6-8-10(3)9-7-5-2;1-4(6)2-3-5;1-3-4-2;1-2-3;2*1-2/h10H,4-9H2,1-3H3;2-3H2,1H3;3H,1,4H2,2H3;2-3H2,1H3;2*1-2H3. The zero-order valence-corrected chi connectivity index (χ0v) is 20.8. The average Bonchev–Trinajstić information content (AvgIpc) is 2.69. The van der Waals surface area contributed by atoms with Crippen molar-refractivity contribution in [2.75, 3.05) is 13.2 Å². The van der Waals surface area contributed by atoms with Gasteiger partial charge >= 0.3 is 0 Å². The predicted octanol–water partition coefficient (Wildman–Crippen LogP) is 8.54. The van der Waals surface area contributed by atoms with Gasteiger partial charge in [-0.15, -0.1) is 6.58 Å². The Morgan fingerprint density at radius 3 is 1.41 bits per heavy atom. The van der Waals surface area contributed by atoms with Gasteiger partial charge in [-0.25, -0.2) is 0 Å². The molecule has 3 heteroatoms. The number of carbonyl (C=O) groups is 1. The van der Waals surface area contributed by atoms with Gasteiger partial charge in [0.15, 0.2) is 0 Å². The van der Waals surface area contributed by atoms with E-state index < -0.39 is 6.67 Å². The molecule has 0 aliphatic carbocycles. The van der Waals surface area contributed by atoms with Gasteiger partial charge in [-0.3, -0.25) is 9.18 Å². The number of halogens is 1. The molecule has 0 radical (unpaired) electrons. The number of unbranched alkanes of at least 4 members (excludes halogenated alkanes) is 2. The lowest BCUT2D eigenvalue weighted by Gasteiger charge is -2.08. The summed E-state index contributed by atoms with van der Waals surface area (Å²) in [5, 5.41) is 0. The number of allylic oxidation sites excluding steroid dienone is 1. The molecule has 0 amide bonds. The van der Waals surface area contributed by atoms with E-state index >= 15 is 0 Å². The van der Waals surface area contributed by atoms with Gasteiger partial charge in [0.1, 0.15) is 5.78 Å². The van der Waals surface area contributed by atoms with Gasteiger partial charge < -0.3 is 5.73 Å². The van der Waals surface area contributed by atoms with Crippen LogP contribution >= 0.6 is 0 Å². The maximum absolute atomic E-state index is 11.0. The van der Waals surface area contributed by atoms with Crippen LogP contribution in [0.5, 0.6) is 0 Å². The Hall–Kier alpha value is -0.700. The highest BCUT2D eigenvalue weighted by molar-refractivity contribution is 5.75. The molecule has 0 aromatic heterocycles. The van der Waals surface area contributed by atoms with Crippen molar-refractivity contribution in [3.8, 4) is 0 Å². The number of alkyl halides is 1. The van der Waals surface area contributed by atoms with Crippen molar-refractivity contribution >= 4 is 5.78 Å². The van der Waals surface area contributed by atoms with Crippen LogP contribution in [0.4, 0.5) is 4.39 Å². The predicted molar refractivity (Wildman–Crippen MR) is 127 cm³/mol. The molecule has 0 spiro atoms. The van der Waals surface area contributed by atoms with E-state index in [0.29, 0.717) is 0 Å². The Kier molecular flexibility index (Phi) is 85.1. The van der Waals surface area contributed by atoms with E-state index in [1.54, 1.807) is 0 Å². The lowest BCUT2D eigenvalue weighted by atomic mass is 9.98. The van der Waals surface area contributed by atoms with Gasteiger partial charge in [0.25, 0.3) is 0 Å². The first-order chi connectivity index (χ1) is 12.9. The fraction of sp³-hybridized carbons (Fsp3) is 0.875. The summed E-state index contributed by atoms with van der Waals surface area (Å²) >= 11 is 0. The van der Waals surface area contributed by atoms with Crippen LogP contribution in [0.3, 0.4) is 0 Å². The minimum Gasteiger partial charge on any atom is -0.331 e. The molecule has 0 aliphatic heterocycles. The average molecular weight is 394 g/mol. The molecule has 0 bridgehead atoms. The molecular formula is C24H56FNO. The Balaban J connectivity index is -0.0000000557. The molecule has 27 heavy (non-hydrogen) atoms. The van der Waals surface area contributed by atoms with Crippen LogP contribution < -0.4 is 5.73 Å². The van der Waals surface area contributed by atoms with Gasteiger partial charge in [0, 0.05) is 6.42 Å². The third-order valence-electron chi connectivity index (χ3n) is 2.84. The number of rotatable bonds is 9. The summed E-state index contributed by atoms with van der Waals surface area (Å²) < 4.78 is 11.0. The molecule has 0 aliphatic rings. The highest BCUT2D eigenvalue weighted by atomic mass is 19.1. The van der Waals surface area contributed by atoms with Crippen LogP contribution in [0, 0.1) is 5.92 Å². The van der Waals surface area contributed by atoms with E-state index in [2.05, 4.69) is 34.3 Å². The lowest BCUT2D eigenvalue weighted by Crippen LogP contribution is -1.93. The normalized spacial score (nSPS) is 7.89. The van der Waals surface area contributed by atoms with Crippen LogP contribution in [-0.4, -0.2) is 19.0 Å². The van der Waals surface area contributed by atoms with Gasteiger partial charge in [-0.2, -0.15) is 0 Å². The maximum atomic E-state index is 11.0. The number of carbonyl (C=O) groups excluding carboxylic acids is 1. The number of hydrogen-bond acceptors (Lipinski definition) is 2. The van der Waals surface area contributed by atoms with E-state index in [4.69, 9.17) is 5.73 Å². The van der Waals surface area contributed by atoms with Gasteiger partial charge in [0.05, 0.1) is 6.67 Å². The van der Waals surface area contributed by atoms with Crippen molar-refractivity contribution < 1.29 is 9.18 Å². The summed E-state index contributed by atoms with van der Waals surface area (Å²) in [6, 6.07) is 0. The zero-order valence-electron chi connectivity index (χ0n) is 20.8. The molecule has 0 atom stereocenters. The molecular weight excluding hydrogens is 337 g/mol. The second-order valence-corrected chi connectivity index (χ2v) is 5.64. The van der Waals surface area contributed by atoms with E-state index in [-0.39, 0.29) is 12.2 Å². The van der Waals surface area contributed by atoms with Crippen LogP contribution in [0.2, 0.25) is 0 Å².